The zero-order valence-corrected chi connectivity index (χ0v) is 11.4. The fraction of sp³-hybridized carbons (Fsp3) is 0.385. The van der Waals surface area contributed by atoms with E-state index in [4.69, 9.17) is 5.11 Å². The molecule has 0 spiro atoms. The molecule has 0 amide bonds. The van der Waals surface area contributed by atoms with Gasteiger partial charge in [0.1, 0.15) is 0 Å². The molecule has 0 aliphatic heterocycles. The van der Waals surface area contributed by atoms with Gasteiger partial charge in [0.25, 0.3) is 0 Å². The van der Waals surface area contributed by atoms with Gasteiger partial charge in [-0.2, -0.15) is 0 Å². The minimum absolute atomic E-state index is 0.0445. The first kappa shape index (κ1) is 14.7. The normalized spacial score (nSPS) is 11.2. The molecule has 0 radical (unpaired) electrons. The second-order valence-corrected chi connectivity index (χ2v) is 6.13. The minimum atomic E-state index is -3.15. The zero-order chi connectivity index (χ0) is 13.6. The summed E-state index contributed by atoms with van der Waals surface area (Å²) in [4.78, 5) is 2.26. The Hall–Kier alpha value is -1.33. The average Bonchev–Trinajstić information content (AvgIpc) is 2.39. The van der Waals surface area contributed by atoms with Crippen molar-refractivity contribution in [1.29, 1.82) is 0 Å². The number of rotatable bonds is 7. The van der Waals surface area contributed by atoms with Crippen LogP contribution in [0.15, 0.2) is 41.8 Å². The van der Waals surface area contributed by atoms with Crippen LogP contribution in [0, 0.1) is 0 Å². The fourth-order valence-corrected chi connectivity index (χ4v) is 2.52. The largest absolute Gasteiger partial charge is 0.395 e. The maximum Gasteiger partial charge on any atom is 0.178 e. The van der Waals surface area contributed by atoms with Crippen LogP contribution in [-0.2, 0) is 9.84 Å². The minimum Gasteiger partial charge on any atom is -0.395 e. The van der Waals surface area contributed by atoms with Crippen molar-refractivity contribution in [2.75, 3.05) is 30.3 Å². The molecule has 0 saturated carbocycles. The molecule has 0 fully saturated rings. The number of nitrogens with zero attached hydrogens (tertiary/aromatic N) is 1. The molecule has 0 aliphatic carbocycles. The lowest BCUT2D eigenvalue weighted by Gasteiger charge is -2.22. The molecule has 0 bridgehead atoms. The topological polar surface area (TPSA) is 57.6 Å². The second kappa shape index (κ2) is 6.56. The number of hydrogen-bond acceptors (Lipinski definition) is 4. The van der Waals surface area contributed by atoms with E-state index in [1.807, 2.05) is 4.90 Å². The highest BCUT2D eigenvalue weighted by Gasteiger charge is 2.12. The molecule has 100 valence electrons. The van der Waals surface area contributed by atoms with Crippen LogP contribution in [0.2, 0.25) is 0 Å². The van der Waals surface area contributed by atoms with Crippen LogP contribution >= 0.6 is 0 Å². The second-order valence-electron chi connectivity index (χ2n) is 3.86. The van der Waals surface area contributed by atoms with Crippen molar-refractivity contribution >= 4 is 15.5 Å². The van der Waals surface area contributed by atoms with E-state index in [0.29, 0.717) is 18.0 Å². The third-order valence-corrected chi connectivity index (χ3v) is 4.41. The van der Waals surface area contributed by atoms with Crippen molar-refractivity contribution in [3.63, 3.8) is 0 Å². The molecule has 0 saturated heterocycles. The van der Waals surface area contributed by atoms with Crippen molar-refractivity contribution in [2.45, 2.75) is 11.8 Å². The first-order chi connectivity index (χ1) is 8.55. The zero-order valence-electron chi connectivity index (χ0n) is 10.5. The smallest absolute Gasteiger partial charge is 0.178 e. The third kappa shape index (κ3) is 3.58. The first-order valence-corrected chi connectivity index (χ1v) is 7.50. The summed E-state index contributed by atoms with van der Waals surface area (Å²) >= 11 is 0. The van der Waals surface area contributed by atoms with E-state index in [0.717, 1.165) is 5.69 Å². The van der Waals surface area contributed by atoms with Gasteiger partial charge in [-0.05, 0) is 24.3 Å². The van der Waals surface area contributed by atoms with Gasteiger partial charge in [-0.1, -0.05) is 13.0 Å². The summed E-state index contributed by atoms with van der Waals surface area (Å²) in [6.45, 7) is 6.43. The lowest BCUT2D eigenvalue weighted by atomic mass is 10.3. The Morgan fingerprint density at radius 1 is 1.33 bits per heavy atom. The maximum atomic E-state index is 11.7. The van der Waals surface area contributed by atoms with Gasteiger partial charge in [0.15, 0.2) is 9.84 Å². The van der Waals surface area contributed by atoms with Crippen LogP contribution in [-0.4, -0.2) is 39.0 Å². The summed E-state index contributed by atoms with van der Waals surface area (Å²) in [6, 6.07) is 6.70. The van der Waals surface area contributed by atoms with E-state index >= 15 is 0 Å². The van der Waals surface area contributed by atoms with Crippen molar-refractivity contribution in [3.8, 4) is 0 Å². The highest BCUT2D eigenvalue weighted by atomic mass is 32.2. The number of benzene rings is 1. The molecule has 1 N–H and O–H groups in total. The van der Waals surface area contributed by atoms with Gasteiger partial charge in [0.05, 0.1) is 17.3 Å². The molecule has 0 aliphatic rings. The van der Waals surface area contributed by atoms with Gasteiger partial charge < -0.3 is 10.0 Å². The van der Waals surface area contributed by atoms with E-state index in [2.05, 4.69) is 6.58 Å². The van der Waals surface area contributed by atoms with Gasteiger partial charge >= 0.3 is 0 Å². The SMILES string of the molecule is C=CCN(CCO)c1ccc(S(=O)(=O)CC)cc1. The molecule has 0 atom stereocenters. The molecule has 5 heteroatoms. The monoisotopic (exact) mass is 269 g/mol. The van der Waals surface area contributed by atoms with Crippen LogP contribution in [0.5, 0.6) is 0 Å². The maximum absolute atomic E-state index is 11.7. The number of anilines is 1. The summed E-state index contributed by atoms with van der Waals surface area (Å²) in [5.41, 5.74) is 0.874. The van der Waals surface area contributed by atoms with Crippen molar-refractivity contribution in [2.24, 2.45) is 0 Å². The van der Waals surface area contributed by atoms with E-state index in [-0.39, 0.29) is 12.4 Å². The number of aliphatic hydroxyl groups is 1. The molecule has 1 aromatic carbocycles. The average molecular weight is 269 g/mol. The lowest BCUT2D eigenvalue weighted by Crippen LogP contribution is -2.26. The van der Waals surface area contributed by atoms with Gasteiger partial charge in [-0.15, -0.1) is 6.58 Å². The summed E-state index contributed by atoms with van der Waals surface area (Å²) in [5, 5.41) is 8.97. The van der Waals surface area contributed by atoms with Crippen LogP contribution in [0.3, 0.4) is 0 Å². The molecule has 4 nitrogen and oxygen atoms in total. The van der Waals surface area contributed by atoms with E-state index in [1.165, 1.54) is 0 Å². The molecule has 0 heterocycles. The molecule has 1 rings (SSSR count). The fourth-order valence-electron chi connectivity index (χ4n) is 1.63. The highest BCUT2D eigenvalue weighted by Crippen LogP contribution is 2.18. The van der Waals surface area contributed by atoms with Crippen molar-refractivity contribution in [1.82, 2.24) is 0 Å². The number of sulfone groups is 1. The number of aliphatic hydroxyl groups excluding tert-OH is 1. The van der Waals surface area contributed by atoms with Gasteiger partial charge in [0, 0.05) is 18.8 Å². The predicted molar refractivity (Wildman–Crippen MR) is 73.7 cm³/mol. The summed E-state index contributed by atoms with van der Waals surface area (Å²) in [5.74, 6) is 0.0966. The van der Waals surface area contributed by atoms with Crippen LogP contribution in [0.1, 0.15) is 6.92 Å². The molecule has 1 aromatic rings. The van der Waals surface area contributed by atoms with E-state index < -0.39 is 9.84 Å². The Kier molecular flexibility index (Phi) is 5.37. The molecular formula is C13H19NO3S. The molecule has 0 unspecified atom stereocenters. The van der Waals surface area contributed by atoms with Crippen molar-refractivity contribution < 1.29 is 13.5 Å². The number of hydrogen-bond donors (Lipinski definition) is 1. The molecular weight excluding hydrogens is 250 g/mol. The Morgan fingerprint density at radius 2 is 1.94 bits per heavy atom. The summed E-state index contributed by atoms with van der Waals surface area (Å²) < 4.78 is 23.3. The Labute approximate surface area is 108 Å². The summed E-state index contributed by atoms with van der Waals surface area (Å²) in [7, 11) is -3.15. The Balaban J connectivity index is 2.96. The van der Waals surface area contributed by atoms with Crippen LogP contribution in [0.4, 0.5) is 5.69 Å². The highest BCUT2D eigenvalue weighted by molar-refractivity contribution is 7.91. The van der Waals surface area contributed by atoms with E-state index in [1.54, 1.807) is 37.3 Å². The predicted octanol–water partition coefficient (Wildman–Crippen LogP) is 1.46. The van der Waals surface area contributed by atoms with Gasteiger partial charge in [-0.25, -0.2) is 8.42 Å². The van der Waals surface area contributed by atoms with E-state index in [9.17, 15) is 8.42 Å². The standard InChI is InChI=1S/C13H19NO3S/c1-3-9-14(10-11-15)12-5-7-13(8-6-12)18(16,17)4-2/h3,5-8,15H,1,4,9-11H2,2H3. The Morgan fingerprint density at radius 3 is 2.39 bits per heavy atom. The quantitative estimate of drug-likeness (QED) is 0.761. The molecule has 18 heavy (non-hydrogen) atoms. The van der Waals surface area contributed by atoms with Gasteiger partial charge in [0.2, 0.25) is 0 Å². The lowest BCUT2D eigenvalue weighted by molar-refractivity contribution is 0.303. The van der Waals surface area contributed by atoms with Crippen LogP contribution in [0.25, 0.3) is 0 Å². The molecule has 0 aromatic heterocycles. The van der Waals surface area contributed by atoms with Gasteiger partial charge in [-0.3, -0.25) is 0 Å². The third-order valence-electron chi connectivity index (χ3n) is 2.66. The van der Waals surface area contributed by atoms with Crippen LogP contribution < -0.4 is 4.90 Å². The van der Waals surface area contributed by atoms with Crippen molar-refractivity contribution in [3.05, 3.63) is 36.9 Å². The summed E-state index contributed by atoms with van der Waals surface area (Å²) in [6.07, 6.45) is 1.74. The Bertz CT molecular complexity index is 479. The first-order valence-electron chi connectivity index (χ1n) is 5.84.